The molecule has 3 N–H and O–H groups in total. The molecule has 0 saturated carbocycles. The Bertz CT molecular complexity index is 1000. The van der Waals surface area contributed by atoms with Gasteiger partial charge in [0.15, 0.2) is 5.82 Å². The van der Waals surface area contributed by atoms with Gasteiger partial charge in [-0.1, -0.05) is 11.6 Å². The van der Waals surface area contributed by atoms with Crippen LogP contribution in [-0.2, 0) is 11.3 Å². The SMILES string of the molecule is COC(=O)c1ccc(OCc2nc(N)nc(Nc3ccc(Cl)cc3)n2)c(Br)c1. The van der Waals surface area contributed by atoms with E-state index >= 15 is 0 Å². The zero-order chi connectivity index (χ0) is 20.1. The average Bonchev–Trinajstić information content (AvgIpc) is 2.67. The first-order valence-electron chi connectivity index (χ1n) is 7.98. The van der Waals surface area contributed by atoms with Crippen molar-refractivity contribution in [3.05, 3.63) is 63.3 Å². The Hall–Kier alpha value is -2.91. The number of hydrogen-bond donors (Lipinski definition) is 2. The van der Waals surface area contributed by atoms with Gasteiger partial charge in [-0.05, 0) is 58.4 Å². The van der Waals surface area contributed by atoms with Crippen LogP contribution in [-0.4, -0.2) is 28.0 Å². The highest BCUT2D eigenvalue weighted by Gasteiger charge is 2.11. The van der Waals surface area contributed by atoms with Crippen LogP contribution in [0.4, 0.5) is 17.6 Å². The van der Waals surface area contributed by atoms with E-state index in [9.17, 15) is 4.79 Å². The lowest BCUT2D eigenvalue weighted by Gasteiger charge is -2.10. The van der Waals surface area contributed by atoms with E-state index in [4.69, 9.17) is 22.1 Å². The minimum Gasteiger partial charge on any atom is -0.484 e. The van der Waals surface area contributed by atoms with Crippen LogP contribution in [0, 0.1) is 0 Å². The molecule has 0 aliphatic carbocycles. The van der Waals surface area contributed by atoms with Gasteiger partial charge in [0, 0.05) is 10.7 Å². The summed E-state index contributed by atoms with van der Waals surface area (Å²) in [6.07, 6.45) is 0. The summed E-state index contributed by atoms with van der Waals surface area (Å²) in [4.78, 5) is 24.0. The molecule has 0 fully saturated rings. The molecule has 3 rings (SSSR count). The molecule has 0 unspecified atom stereocenters. The summed E-state index contributed by atoms with van der Waals surface area (Å²) >= 11 is 9.24. The zero-order valence-corrected chi connectivity index (χ0v) is 17.0. The Labute approximate surface area is 174 Å². The minimum atomic E-state index is -0.435. The van der Waals surface area contributed by atoms with E-state index in [1.165, 1.54) is 7.11 Å². The number of nitrogens with one attached hydrogen (secondary N) is 1. The first kappa shape index (κ1) is 19.8. The lowest BCUT2D eigenvalue weighted by molar-refractivity contribution is 0.0600. The third kappa shape index (κ3) is 5.08. The highest BCUT2D eigenvalue weighted by Crippen LogP contribution is 2.27. The molecular weight excluding hydrogens is 450 g/mol. The summed E-state index contributed by atoms with van der Waals surface area (Å²) in [7, 11) is 1.32. The van der Waals surface area contributed by atoms with Gasteiger partial charge in [0.1, 0.15) is 12.4 Å². The summed E-state index contributed by atoms with van der Waals surface area (Å²) in [5.74, 6) is 0.765. The lowest BCUT2D eigenvalue weighted by Crippen LogP contribution is -2.09. The number of halogens is 2. The van der Waals surface area contributed by atoms with Crippen molar-refractivity contribution in [3.63, 3.8) is 0 Å². The van der Waals surface area contributed by atoms with E-state index in [0.717, 1.165) is 5.69 Å². The second-order valence-electron chi connectivity index (χ2n) is 5.49. The lowest BCUT2D eigenvalue weighted by atomic mass is 10.2. The van der Waals surface area contributed by atoms with Gasteiger partial charge in [0.25, 0.3) is 0 Å². The number of nitrogens with zero attached hydrogens (tertiary/aromatic N) is 3. The predicted octanol–water partition coefficient (Wildman–Crippen LogP) is 3.98. The first-order valence-corrected chi connectivity index (χ1v) is 9.15. The van der Waals surface area contributed by atoms with Gasteiger partial charge in [0.2, 0.25) is 11.9 Å². The molecule has 0 spiro atoms. The summed E-state index contributed by atoms with van der Waals surface area (Å²) < 4.78 is 11.0. The van der Waals surface area contributed by atoms with Crippen LogP contribution in [0.3, 0.4) is 0 Å². The van der Waals surface area contributed by atoms with Crippen LogP contribution in [0.1, 0.15) is 16.2 Å². The van der Waals surface area contributed by atoms with Crippen molar-refractivity contribution >= 4 is 51.1 Å². The van der Waals surface area contributed by atoms with Gasteiger partial charge < -0.3 is 20.5 Å². The van der Waals surface area contributed by atoms with Crippen molar-refractivity contribution in [2.75, 3.05) is 18.2 Å². The first-order chi connectivity index (χ1) is 13.4. The summed E-state index contributed by atoms with van der Waals surface area (Å²) in [5.41, 5.74) is 6.92. The van der Waals surface area contributed by atoms with Gasteiger partial charge >= 0.3 is 5.97 Å². The molecular formula is C18H15BrClN5O3. The highest BCUT2D eigenvalue weighted by molar-refractivity contribution is 9.10. The van der Waals surface area contributed by atoms with E-state index in [-0.39, 0.29) is 18.5 Å². The molecule has 10 heteroatoms. The Morgan fingerprint density at radius 2 is 1.93 bits per heavy atom. The number of carbonyl (C=O) groups excluding carboxylic acids is 1. The van der Waals surface area contributed by atoms with E-state index in [1.807, 2.05) is 0 Å². The Kier molecular flexibility index (Phi) is 6.27. The molecule has 1 heterocycles. The molecule has 144 valence electrons. The molecule has 28 heavy (non-hydrogen) atoms. The fraction of sp³-hybridized carbons (Fsp3) is 0.111. The van der Waals surface area contributed by atoms with E-state index in [1.54, 1.807) is 42.5 Å². The molecule has 0 aliphatic rings. The number of hydrogen-bond acceptors (Lipinski definition) is 8. The van der Waals surface area contributed by atoms with Gasteiger partial charge in [-0.3, -0.25) is 0 Å². The number of benzene rings is 2. The minimum absolute atomic E-state index is 0.0538. The monoisotopic (exact) mass is 463 g/mol. The number of nitrogen functional groups attached to an aromatic ring is 1. The number of anilines is 3. The molecule has 1 aromatic heterocycles. The van der Waals surface area contributed by atoms with Crippen molar-refractivity contribution < 1.29 is 14.3 Å². The predicted molar refractivity (Wildman–Crippen MR) is 109 cm³/mol. The molecule has 0 aliphatic heterocycles. The quantitative estimate of drug-likeness (QED) is 0.527. The van der Waals surface area contributed by atoms with E-state index in [0.29, 0.717) is 26.6 Å². The topological polar surface area (TPSA) is 112 Å². The van der Waals surface area contributed by atoms with Gasteiger partial charge in [0.05, 0.1) is 17.1 Å². The van der Waals surface area contributed by atoms with Crippen LogP contribution < -0.4 is 15.8 Å². The van der Waals surface area contributed by atoms with Crippen LogP contribution in [0.15, 0.2) is 46.9 Å². The zero-order valence-electron chi connectivity index (χ0n) is 14.6. The molecule has 8 nitrogen and oxygen atoms in total. The molecule has 0 bridgehead atoms. The van der Waals surface area contributed by atoms with Crippen molar-refractivity contribution in [1.82, 2.24) is 15.0 Å². The molecule has 0 amide bonds. The normalized spacial score (nSPS) is 10.4. The molecule has 2 aromatic carbocycles. The number of rotatable bonds is 6. The van der Waals surface area contributed by atoms with Crippen LogP contribution in [0.5, 0.6) is 5.75 Å². The van der Waals surface area contributed by atoms with Gasteiger partial charge in [-0.2, -0.15) is 15.0 Å². The van der Waals surface area contributed by atoms with Gasteiger partial charge in [-0.25, -0.2) is 4.79 Å². The highest BCUT2D eigenvalue weighted by atomic mass is 79.9. The maximum absolute atomic E-state index is 11.6. The van der Waals surface area contributed by atoms with E-state index < -0.39 is 5.97 Å². The van der Waals surface area contributed by atoms with E-state index in [2.05, 4.69) is 40.9 Å². The number of methoxy groups -OCH3 is 1. The third-order valence-electron chi connectivity index (χ3n) is 3.51. The molecule has 0 saturated heterocycles. The van der Waals surface area contributed by atoms with Crippen LogP contribution >= 0.6 is 27.5 Å². The number of esters is 1. The van der Waals surface area contributed by atoms with Crippen molar-refractivity contribution in [1.29, 1.82) is 0 Å². The van der Waals surface area contributed by atoms with Crippen molar-refractivity contribution in [2.24, 2.45) is 0 Å². The van der Waals surface area contributed by atoms with Gasteiger partial charge in [-0.15, -0.1) is 0 Å². The fourth-order valence-corrected chi connectivity index (χ4v) is 2.85. The maximum Gasteiger partial charge on any atom is 0.337 e. The number of nitrogens with two attached hydrogens (primary N) is 1. The second kappa shape index (κ2) is 8.85. The Morgan fingerprint density at radius 1 is 1.18 bits per heavy atom. The fourth-order valence-electron chi connectivity index (χ4n) is 2.23. The molecule has 0 radical (unpaired) electrons. The summed E-state index contributed by atoms with van der Waals surface area (Å²) in [5, 5.41) is 3.65. The largest absolute Gasteiger partial charge is 0.484 e. The summed E-state index contributed by atoms with van der Waals surface area (Å²) in [6.45, 7) is 0.0538. The number of ether oxygens (including phenoxy) is 2. The third-order valence-corrected chi connectivity index (χ3v) is 4.38. The molecule has 3 aromatic rings. The van der Waals surface area contributed by atoms with Crippen LogP contribution in [0.25, 0.3) is 0 Å². The number of aromatic nitrogens is 3. The smallest absolute Gasteiger partial charge is 0.337 e. The van der Waals surface area contributed by atoms with Crippen molar-refractivity contribution in [3.8, 4) is 5.75 Å². The van der Waals surface area contributed by atoms with Crippen molar-refractivity contribution in [2.45, 2.75) is 6.61 Å². The van der Waals surface area contributed by atoms with Crippen LogP contribution in [0.2, 0.25) is 5.02 Å². The molecule has 0 atom stereocenters. The Morgan fingerprint density at radius 3 is 2.61 bits per heavy atom. The second-order valence-corrected chi connectivity index (χ2v) is 6.78. The number of carbonyl (C=O) groups is 1. The average molecular weight is 465 g/mol. The Balaban J connectivity index is 1.71. The standard InChI is InChI=1S/C18H15BrClN5O3/c1-27-16(26)10-2-7-14(13(19)8-10)28-9-15-23-17(21)25-18(24-15)22-12-5-3-11(20)4-6-12/h2-8H,9H2,1H3,(H3,21,22,23,24,25). The maximum atomic E-state index is 11.6. The summed E-state index contributed by atoms with van der Waals surface area (Å²) in [6, 6.07) is 11.9.